The number of piperidine rings is 1. The third kappa shape index (κ3) is 3.68. The van der Waals surface area contributed by atoms with Crippen LogP contribution in [-0.2, 0) is 26.6 Å². The maximum Gasteiger partial charge on any atom is 0.332 e. The molecule has 1 unspecified atom stereocenters. The summed E-state index contributed by atoms with van der Waals surface area (Å²) in [6.07, 6.45) is 2.78. The van der Waals surface area contributed by atoms with Crippen molar-refractivity contribution in [2.75, 3.05) is 18.0 Å². The minimum Gasteiger partial charge on any atom is -0.341 e. The predicted molar refractivity (Wildman–Crippen MR) is 135 cm³/mol. The normalized spacial score (nSPS) is 19.9. The molecule has 9 nitrogen and oxygen atoms in total. The summed E-state index contributed by atoms with van der Waals surface area (Å²) in [5, 5.41) is 0. The molecule has 1 aromatic carbocycles. The number of fused-ring (bicyclic) bond motifs is 2. The van der Waals surface area contributed by atoms with Gasteiger partial charge in [-0.25, -0.2) is 4.79 Å². The topological polar surface area (TPSA) is 103 Å². The Kier molecular flexibility index (Phi) is 5.47. The first kappa shape index (κ1) is 22.6. The van der Waals surface area contributed by atoms with Gasteiger partial charge in [-0.2, -0.15) is 4.98 Å². The Hall–Kier alpha value is -3.20. The molecule has 1 atom stereocenters. The van der Waals surface area contributed by atoms with Crippen LogP contribution in [0, 0.1) is 0 Å². The summed E-state index contributed by atoms with van der Waals surface area (Å²) in [5.74, 6) is 0.707. The fraction of sp³-hybridized carbons (Fsp3) is 0.520. The highest BCUT2D eigenvalue weighted by atomic mass is 16.2. The van der Waals surface area contributed by atoms with E-state index in [1.165, 1.54) is 14.7 Å². The van der Waals surface area contributed by atoms with Crippen molar-refractivity contribution in [3.8, 4) is 0 Å². The van der Waals surface area contributed by atoms with E-state index in [0.717, 1.165) is 37.1 Å². The molecule has 5 rings (SSSR count). The van der Waals surface area contributed by atoms with Gasteiger partial charge in [0.2, 0.25) is 5.95 Å². The van der Waals surface area contributed by atoms with Gasteiger partial charge in [-0.3, -0.25) is 18.9 Å². The highest BCUT2D eigenvalue weighted by Crippen LogP contribution is 2.27. The van der Waals surface area contributed by atoms with Crippen LogP contribution in [0.25, 0.3) is 11.2 Å². The second kappa shape index (κ2) is 8.23. The van der Waals surface area contributed by atoms with Crippen molar-refractivity contribution in [3.63, 3.8) is 0 Å². The summed E-state index contributed by atoms with van der Waals surface area (Å²) >= 11 is 0. The first-order valence-electron chi connectivity index (χ1n) is 12.1. The van der Waals surface area contributed by atoms with Crippen LogP contribution >= 0.6 is 0 Å². The van der Waals surface area contributed by atoms with Crippen molar-refractivity contribution in [2.24, 2.45) is 17.8 Å². The van der Waals surface area contributed by atoms with Crippen LogP contribution in [-0.4, -0.2) is 49.1 Å². The minimum absolute atomic E-state index is 0.0760. The van der Waals surface area contributed by atoms with E-state index >= 15 is 0 Å². The van der Waals surface area contributed by atoms with Crippen LogP contribution < -0.4 is 21.9 Å². The largest absolute Gasteiger partial charge is 0.341 e. The van der Waals surface area contributed by atoms with E-state index in [4.69, 9.17) is 15.7 Å². The second-order valence-electron chi connectivity index (χ2n) is 10.1. The maximum atomic E-state index is 13.8. The maximum absolute atomic E-state index is 13.8. The molecule has 2 N–H and O–H groups in total. The SMILES string of the molecule is CCn1c(N2CCCC(N)C2)nc2c1c(=O)n(CC1=NC(C)(C)Cc3ccccc31)c(=O)n2C. The second-order valence-corrected chi connectivity index (χ2v) is 10.1. The fourth-order valence-corrected chi connectivity index (χ4v) is 5.39. The number of hydrogen-bond acceptors (Lipinski definition) is 6. The van der Waals surface area contributed by atoms with Crippen LogP contribution in [0.2, 0.25) is 0 Å². The molecule has 0 radical (unpaired) electrons. The number of benzene rings is 1. The summed E-state index contributed by atoms with van der Waals surface area (Å²) in [7, 11) is 1.68. The van der Waals surface area contributed by atoms with Gasteiger partial charge in [-0.1, -0.05) is 24.3 Å². The highest BCUT2D eigenvalue weighted by molar-refractivity contribution is 6.02. The van der Waals surface area contributed by atoms with Crippen molar-refractivity contribution < 1.29 is 0 Å². The molecule has 0 spiro atoms. The lowest BCUT2D eigenvalue weighted by atomic mass is 9.87. The van der Waals surface area contributed by atoms with Crippen LogP contribution in [0.5, 0.6) is 0 Å². The van der Waals surface area contributed by atoms with Crippen molar-refractivity contribution in [1.82, 2.24) is 18.7 Å². The van der Waals surface area contributed by atoms with Gasteiger partial charge in [0.05, 0.1) is 17.8 Å². The zero-order chi connectivity index (χ0) is 24.2. The standard InChI is InChI=1S/C25H33N7O2/c1-5-31-20-21(27-23(31)30-12-8-10-17(26)14-30)29(4)24(34)32(22(20)33)15-19-18-11-7-6-9-16(18)13-25(2,3)28-19/h6-7,9,11,17H,5,8,10,12-15,26H2,1-4H3. The monoisotopic (exact) mass is 463 g/mol. The highest BCUT2D eigenvalue weighted by Gasteiger charge is 2.29. The number of hydrogen-bond donors (Lipinski definition) is 1. The molecule has 0 aliphatic carbocycles. The van der Waals surface area contributed by atoms with E-state index in [-0.39, 0.29) is 29.4 Å². The Balaban J connectivity index is 1.67. The van der Waals surface area contributed by atoms with Gasteiger partial charge >= 0.3 is 5.69 Å². The minimum atomic E-state index is -0.385. The molecule has 1 saturated heterocycles. The van der Waals surface area contributed by atoms with Gasteiger partial charge in [0, 0.05) is 38.3 Å². The van der Waals surface area contributed by atoms with E-state index in [1.54, 1.807) is 7.05 Å². The van der Waals surface area contributed by atoms with Crippen LogP contribution in [0.3, 0.4) is 0 Å². The number of aryl methyl sites for hydroxylation is 2. The van der Waals surface area contributed by atoms with Gasteiger partial charge in [0.15, 0.2) is 11.2 Å². The summed E-state index contributed by atoms with van der Waals surface area (Å²) in [6.45, 7) is 8.37. The number of rotatable bonds is 4. The average Bonchev–Trinajstić information content (AvgIpc) is 3.19. The zero-order valence-corrected chi connectivity index (χ0v) is 20.4. The van der Waals surface area contributed by atoms with Crippen molar-refractivity contribution >= 4 is 22.8 Å². The molecule has 2 aromatic heterocycles. The van der Waals surface area contributed by atoms with E-state index in [0.29, 0.717) is 30.2 Å². The van der Waals surface area contributed by atoms with Crippen molar-refractivity contribution in [2.45, 2.75) is 64.7 Å². The first-order chi connectivity index (χ1) is 16.2. The van der Waals surface area contributed by atoms with Crippen LogP contribution in [0.4, 0.5) is 5.95 Å². The van der Waals surface area contributed by atoms with Gasteiger partial charge in [0.1, 0.15) is 0 Å². The third-order valence-electron chi connectivity index (χ3n) is 6.97. The molecule has 4 heterocycles. The molecule has 0 bridgehead atoms. The average molecular weight is 464 g/mol. The van der Waals surface area contributed by atoms with Crippen molar-refractivity contribution in [3.05, 3.63) is 56.2 Å². The lowest BCUT2D eigenvalue weighted by Crippen LogP contribution is -2.44. The fourth-order valence-electron chi connectivity index (χ4n) is 5.39. The Labute approximate surface area is 198 Å². The smallest absolute Gasteiger partial charge is 0.332 e. The molecule has 34 heavy (non-hydrogen) atoms. The zero-order valence-electron chi connectivity index (χ0n) is 20.4. The summed E-state index contributed by atoms with van der Waals surface area (Å²) in [5.41, 5.74) is 9.00. The molecule has 0 saturated carbocycles. The quantitative estimate of drug-likeness (QED) is 0.634. The number of imidazole rings is 1. The molecule has 2 aliphatic rings. The van der Waals surface area contributed by atoms with Gasteiger partial charge in [0.25, 0.3) is 5.56 Å². The Morgan fingerprint density at radius 2 is 1.94 bits per heavy atom. The van der Waals surface area contributed by atoms with Crippen molar-refractivity contribution in [1.29, 1.82) is 0 Å². The lowest BCUT2D eigenvalue weighted by Gasteiger charge is -2.31. The summed E-state index contributed by atoms with van der Waals surface area (Å²) < 4.78 is 4.71. The van der Waals surface area contributed by atoms with E-state index < -0.39 is 0 Å². The van der Waals surface area contributed by atoms with Gasteiger partial charge < -0.3 is 15.2 Å². The molecular formula is C25H33N7O2. The molecule has 2 aliphatic heterocycles. The molecule has 9 heteroatoms. The van der Waals surface area contributed by atoms with Crippen LogP contribution in [0.15, 0.2) is 38.8 Å². The van der Waals surface area contributed by atoms with E-state index in [1.807, 2.05) is 29.7 Å². The van der Waals surface area contributed by atoms with E-state index in [9.17, 15) is 9.59 Å². The molecular weight excluding hydrogens is 430 g/mol. The number of nitrogens with two attached hydrogens (primary N) is 1. The third-order valence-corrected chi connectivity index (χ3v) is 6.97. The number of nitrogens with zero attached hydrogens (tertiary/aromatic N) is 6. The Bertz CT molecular complexity index is 1410. The molecule has 0 amide bonds. The van der Waals surface area contributed by atoms with Gasteiger partial charge in [-0.15, -0.1) is 0 Å². The number of aliphatic imine (C=N–C) groups is 1. The number of aromatic nitrogens is 4. The van der Waals surface area contributed by atoms with Gasteiger partial charge in [-0.05, 0) is 45.6 Å². The number of anilines is 1. The van der Waals surface area contributed by atoms with Crippen LogP contribution in [0.1, 0.15) is 44.7 Å². The predicted octanol–water partition coefficient (Wildman–Crippen LogP) is 1.67. The first-order valence-corrected chi connectivity index (χ1v) is 12.1. The Morgan fingerprint density at radius 1 is 1.18 bits per heavy atom. The summed E-state index contributed by atoms with van der Waals surface area (Å²) in [4.78, 5) is 39.0. The molecule has 3 aromatic rings. The summed E-state index contributed by atoms with van der Waals surface area (Å²) in [6, 6.07) is 8.18. The lowest BCUT2D eigenvalue weighted by molar-refractivity contribution is 0.494. The Morgan fingerprint density at radius 3 is 2.68 bits per heavy atom. The molecule has 1 fully saturated rings. The molecule has 180 valence electrons. The van der Waals surface area contributed by atoms with E-state index in [2.05, 4.69) is 24.8 Å².